The third-order valence-corrected chi connectivity index (χ3v) is 2.65. The Morgan fingerprint density at radius 3 is 2.76 bits per heavy atom. The number of aromatic nitrogens is 1. The van der Waals surface area contributed by atoms with Crippen LogP contribution in [0.4, 0.5) is 5.69 Å². The molecule has 0 amide bonds. The molecule has 0 atom stereocenters. The first kappa shape index (κ1) is 11.5. The van der Waals surface area contributed by atoms with Crippen molar-refractivity contribution >= 4 is 17.3 Å². The average Bonchev–Trinajstić information content (AvgIpc) is 2.39. The topological polar surface area (TPSA) is 56.0 Å². The lowest BCUT2D eigenvalue weighted by Gasteiger charge is -2.02. The van der Waals surface area contributed by atoms with Crippen LogP contribution in [0.1, 0.15) is 5.56 Å². The fraction of sp³-hybridized carbons (Fsp3) is 0.0833. The molecule has 0 aliphatic carbocycles. The van der Waals surface area contributed by atoms with Crippen molar-refractivity contribution < 1.29 is 4.92 Å². The first-order valence-corrected chi connectivity index (χ1v) is 5.49. The van der Waals surface area contributed by atoms with E-state index >= 15 is 0 Å². The van der Waals surface area contributed by atoms with Gasteiger partial charge >= 0.3 is 0 Å². The Labute approximate surface area is 103 Å². The van der Waals surface area contributed by atoms with Crippen molar-refractivity contribution in [2.45, 2.75) is 5.88 Å². The lowest BCUT2D eigenvalue weighted by molar-refractivity contribution is -0.384. The summed E-state index contributed by atoms with van der Waals surface area (Å²) in [4.78, 5) is 14.3. The number of halogens is 1. The number of hydrogen-bond acceptors (Lipinski definition) is 3. The third kappa shape index (κ3) is 2.60. The molecule has 0 bridgehead atoms. The van der Waals surface area contributed by atoms with E-state index in [-0.39, 0.29) is 5.69 Å². The van der Waals surface area contributed by atoms with E-state index in [1.165, 1.54) is 12.1 Å². The third-order valence-electron chi connectivity index (χ3n) is 2.34. The Hall–Kier alpha value is -1.94. The molecule has 0 saturated heterocycles. The van der Waals surface area contributed by atoms with Crippen LogP contribution < -0.4 is 0 Å². The molecule has 0 unspecified atom stereocenters. The number of nitro groups is 1. The number of pyridine rings is 1. The van der Waals surface area contributed by atoms with Crippen molar-refractivity contribution in [3.05, 3.63) is 58.4 Å². The fourth-order valence-corrected chi connectivity index (χ4v) is 1.66. The smallest absolute Gasteiger partial charge is 0.264 e. The first-order valence-electron chi connectivity index (χ1n) is 4.95. The SMILES string of the molecule is O=[N+]([O-])c1cccc(-c2cncc(CCl)c2)c1. The normalized spacial score (nSPS) is 10.2. The van der Waals surface area contributed by atoms with Gasteiger partial charge in [0.25, 0.3) is 5.69 Å². The summed E-state index contributed by atoms with van der Waals surface area (Å²) in [7, 11) is 0. The minimum absolute atomic E-state index is 0.0683. The first-order chi connectivity index (χ1) is 8.20. The zero-order valence-electron chi connectivity index (χ0n) is 8.84. The molecule has 0 saturated carbocycles. The van der Waals surface area contributed by atoms with Crippen molar-refractivity contribution in [1.82, 2.24) is 4.98 Å². The molecule has 0 fully saturated rings. The van der Waals surface area contributed by atoms with E-state index in [0.717, 1.165) is 16.7 Å². The number of non-ortho nitro benzene ring substituents is 1. The average molecular weight is 249 g/mol. The molecular weight excluding hydrogens is 240 g/mol. The monoisotopic (exact) mass is 248 g/mol. The second-order valence-corrected chi connectivity index (χ2v) is 3.79. The molecule has 1 heterocycles. The minimum atomic E-state index is -0.414. The van der Waals surface area contributed by atoms with Crippen molar-refractivity contribution in [2.24, 2.45) is 0 Å². The molecule has 0 aliphatic rings. The lowest BCUT2D eigenvalue weighted by atomic mass is 10.1. The van der Waals surface area contributed by atoms with Gasteiger partial charge < -0.3 is 0 Å². The summed E-state index contributed by atoms with van der Waals surface area (Å²) in [5, 5.41) is 10.7. The van der Waals surface area contributed by atoms with Crippen LogP contribution in [-0.2, 0) is 5.88 Å². The van der Waals surface area contributed by atoms with Crippen LogP contribution in [0.3, 0.4) is 0 Å². The molecule has 0 aliphatic heterocycles. The summed E-state index contributed by atoms with van der Waals surface area (Å²) in [6.07, 6.45) is 3.34. The van der Waals surface area contributed by atoms with E-state index in [1.807, 2.05) is 12.1 Å². The maximum atomic E-state index is 10.7. The van der Waals surface area contributed by atoms with Crippen LogP contribution in [0.5, 0.6) is 0 Å². The van der Waals surface area contributed by atoms with Gasteiger partial charge in [0.1, 0.15) is 0 Å². The molecule has 4 nitrogen and oxygen atoms in total. The highest BCUT2D eigenvalue weighted by atomic mass is 35.5. The highest BCUT2D eigenvalue weighted by molar-refractivity contribution is 6.17. The number of benzene rings is 1. The second kappa shape index (κ2) is 4.93. The number of nitrogens with zero attached hydrogens (tertiary/aromatic N) is 2. The zero-order valence-corrected chi connectivity index (χ0v) is 9.59. The summed E-state index contributed by atoms with van der Waals surface area (Å²) in [6, 6.07) is 8.32. The van der Waals surface area contributed by atoms with Crippen molar-refractivity contribution in [1.29, 1.82) is 0 Å². The summed E-state index contributed by atoms with van der Waals surface area (Å²) in [6.45, 7) is 0. The molecule has 2 rings (SSSR count). The number of alkyl halides is 1. The van der Waals surface area contributed by atoms with E-state index in [4.69, 9.17) is 11.6 Å². The minimum Gasteiger partial charge on any atom is -0.264 e. The van der Waals surface area contributed by atoms with Gasteiger partial charge in [-0.1, -0.05) is 12.1 Å². The molecule has 1 aromatic carbocycles. The highest BCUT2D eigenvalue weighted by Gasteiger charge is 2.07. The molecule has 0 radical (unpaired) electrons. The molecule has 5 heteroatoms. The summed E-state index contributed by atoms with van der Waals surface area (Å²) < 4.78 is 0. The van der Waals surface area contributed by atoms with E-state index in [9.17, 15) is 10.1 Å². The van der Waals surface area contributed by atoms with Crippen LogP contribution in [0, 0.1) is 10.1 Å². The van der Waals surface area contributed by atoms with Crippen LogP contribution >= 0.6 is 11.6 Å². The van der Waals surface area contributed by atoms with Crippen molar-refractivity contribution in [2.75, 3.05) is 0 Å². The van der Waals surface area contributed by atoms with Gasteiger partial charge in [-0.2, -0.15) is 0 Å². The maximum absolute atomic E-state index is 10.7. The van der Waals surface area contributed by atoms with Crippen molar-refractivity contribution in [3.8, 4) is 11.1 Å². The van der Waals surface area contributed by atoms with Gasteiger partial charge in [-0.25, -0.2) is 0 Å². The number of hydrogen-bond donors (Lipinski definition) is 0. The zero-order chi connectivity index (χ0) is 12.3. The second-order valence-electron chi connectivity index (χ2n) is 3.52. The van der Waals surface area contributed by atoms with Crippen LogP contribution in [0.25, 0.3) is 11.1 Å². The molecule has 2 aromatic rings. The van der Waals surface area contributed by atoms with E-state index < -0.39 is 4.92 Å². The van der Waals surface area contributed by atoms with E-state index in [1.54, 1.807) is 18.5 Å². The van der Waals surface area contributed by atoms with Gasteiger partial charge in [0.15, 0.2) is 0 Å². The largest absolute Gasteiger partial charge is 0.270 e. The summed E-state index contributed by atoms with van der Waals surface area (Å²) in [5.41, 5.74) is 2.54. The number of nitro benzene ring substituents is 1. The van der Waals surface area contributed by atoms with E-state index in [0.29, 0.717) is 5.88 Å². The Bertz CT molecular complexity index is 558. The van der Waals surface area contributed by atoms with Crippen LogP contribution in [0.2, 0.25) is 0 Å². The Balaban J connectivity index is 2.45. The molecule has 1 aromatic heterocycles. The Kier molecular flexibility index (Phi) is 3.35. The predicted octanol–water partition coefficient (Wildman–Crippen LogP) is 3.40. The van der Waals surface area contributed by atoms with E-state index in [2.05, 4.69) is 4.98 Å². The van der Waals surface area contributed by atoms with Gasteiger partial charge in [-0.15, -0.1) is 11.6 Å². The predicted molar refractivity (Wildman–Crippen MR) is 65.9 cm³/mol. The van der Waals surface area contributed by atoms with Gasteiger partial charge in [-0.05, 0) is 17.2 Å². The molecule has 0 spiro atoms. The molecular formula is C12H9ClN2O2. The quantitative estimate of drug-likeness (QED) is 0.475. The van der Waals surface area contributed by atoms with Crippen molar-refractivity contribution in [3.63, 3.8) is 0 Å². The highest BCUT2D eigenvalue weighted by Crippen LogP contribution is 2.24. The van der Waals surface area contributed by atoms with Gasteiger partial charge in [-0.3, -0.25) is 15.1 Å². The molecule has 86 valence electrons. The van der Waals surface area contributed by atoms with Crippen LogP contribution in [0.15, 0.2) is 42.7 Å². The van der Waals surface area contributed by atoms with Crippen LogP contribution in [-0.4, -0.2) is 9.91 Å². The Morgan fingerprint density at radius 1 is 1.24 bits per heavy atom. The summed E-state index contributed by atoms with van der Waals surface area (Å²) >= 11 is 5.72. The maximum Gasteiger partial charge on any atom is 0.270 e. The van der Waals surface area contributed by atoms with Gasteiger partial charge in [0.05, 0.1) is 4.92 Å². The van der Waals surface area contributed by atoms with Gasteiger partial charge in [0, 0.05) is 36.0 Å². The fourth-order valence-electron chi connectivity index (χ4n) is 1.52. The molecule has 17 heavy (non-hydrogen) atoms. The number of rotatable bonds is 3. The Morgan fingerprint density at radius 2 is 2.06 bits per heavy atom. The van der Waals surface area contributed by atoms with Gasteiger partial charge in [0.2, 0.25) is 0 Å². The molecule has 0 N–H and O–H groups in total. The summed E-state index contributed by atoms with van der Waals surface area (Å²) in [5.74, 6) is 0.371. The standard InChI is InChI=1S/C12H9ClN2O2/c13-6-9-4-11(8-14-7-9)10-2-1-3-12(5-10)15(16)17/h1-5,7-8H,6H2. The lowest BCUT2D eigenvalue weighted by Crippen LogP contribution is -1.89.